The zero-order chi connectivity index (χ0) is 25.4. The second-order valence-electron chi connectivity index (χ2n) is 10.5. The molecule has 36 heavy (non-hydrogen) atoms. The van der Waals surface area contributed by atoms with E-state index in [0.29, 0.717) is 17.3 Å². The quantitative estimate of drug-likeness (QED) is 0.526. The molecule has 5 heterocycles. The van der Waals surface area contributed by atoms with Crippen LogP contribution in [0.5, 0.6) is 5.88 Å². The fourth-order valence-electron chi connectivity index (χ4n) is 5.23. The fourth-order valence-corrected chi connectivity index (χ4v) is 5.23. The Labute approximate surface area is 211 Å². The molecule has 2 saturated heterocycles. The van der Waals surface area contributed by atoms with Gasteiger partial charge in [0, 0.05) is 37.6 Å². The smallest absolute Gasteiger partial charge is 0.410 e. The Balaban J connectivity index is 1.28. The number of hydrogen-bond acceptors (Lipinski definition) is 8. The third-order valence-corrected chi connectivity index (χ3v) is 6.92. The predicted octanol–water partition coefficient (Wildman–Crippen LogP) is 4.10. The Morgan fingerprint density at radius 2 is 1.78 bits per heavy atom. The molecule has 190 valence electrons. The van der Waals surface area contributed by atoms with Gasteiger partial charge in [0.1, 0.15) is 17.0 Å². The van der Waals surface area contributed by atoms with Gasteiger partial charge in [-0.25, -0.2) is 14.5 Å². The maximum absolute atomic E-state index is 12.8. The zero-order valence-corrected chi connectivity index (χ0v) is 21.5. The molecule has 0 N–H and O–H groups in total. The van der Waals surface area contributed by atoms with Gasteiger partial charge in [0.15, 0.2) is 5.82 Å². The molecule has 10 nitrogen and oxygen atoms in total. The second-order valence-corrected chi connectivity index (χ2v) is 10.5. The van der Waals surface area contributed by atoms with Crippen molar-refractivity contribution in [3.05, 3.63) is 42.7 Å². The monoisotopic (exact) mass is 491 g/mol. The SMILES string of the molecule is COc1nc(-c2ccc(N(C)C3C[C@H]4CC[C@@H](C3)N4C(=O)OC(C)(C)C)nn2)ccc1-n1cccn1. The van der Waals surface area contributed by atoms with E-state index in [-0.39, 0.29) is 24.2 Å². The number of anilines is 1. The molecule has 2 aliphatic heterocycles. The molecule has 0 saturated carbocycles. The van der Waals surface area contributed by atoms with Crippen LogP contribution in [-0.2, 0) is 4.74 Å². The van der Waals surface area contributed by atoms with Crippen molar-refractivity contribution in [1.29, 1.82) is 0 Å². The van der Waals surface area contributed by atoms with Crippen molar-refractivity contribution in [1.82, 2.24) is 29.9 Å². The van der Waals surface area contributed by atoms with Crippen molar-refractivity contribution in [2.45, 2.75) is 70.2 Å². The third-order valence-electron chi connectivity index (χ3n) is 6.92. The number of fused-ring (bicyclic) bond motifs is 2. The molecular weight excluding hydrogens is 458 g/mol. The van der Waals surface area contributed by atoms with Crippen molar-refractivity contribution in [3.8, 4) is 23.0 Å². The minimum Gasteiger partial charge on any atom is -0.479 e. The van der Waals surface area contributed by atoms with E-state index in [1.165, 1.54) is 0 Å². The number of amides is 1. The molecule has 2 aliphatic rings. The third kappa shape index (κ3) is 4.72. The van der Waals surface area contributed by atoms with Crippen LogP contribution in [0.4, 0.5) is 10.6 Å². The molecule has 0 spiro atoms. The van der Waals surface area contributed by atoms with Crippen LogP contribution in [0.25, 0.3) is 17.1 Å². The van der Waals surface area contributed by atoms with Crippen LogP contribution in [-0.4, -0.2) is 73.8 Å². The summed E-state index contributed by atoms with van der Waals surface area (Å²) >= 11 is 0. The van der Waals surface area contributed by atoms with Gasteiger partial charge in [-0.2, -0.15) is 5.10 Å². The van der Waals surface area contributed by atoms with Crippen molar-refractivity contribution in [2.75, 3.05) is 19.1 Å². The highest BCUT2D eigenvalue weighted by atomic mass is 16.6. The first-order valence-corrected chi connectivity index (χ1v) is 12.4. The van der Waals surface area contributed by atoms with E-state index < -0.39 is 5.60 Å². The molecule has 3 aromatic rings. The number of pyridine rings is 1. The number of piperidine rings is 1. The maximum Gasteiger partial charge on any atom is 0.410 e. The van der Waals surface area contributed by atoms with Gasteiger partial charge in [0.2, 0.25) is 5.88 Å². The van der Waals surface area contributed by atoms with Gasteiger partial charge in [0.25, 0.3) is 0 Å². The molecule has 0 aromatic carbocycles. The number of aromatic nitrogens is 5. The van der Waals surface area contributed by atoms with Crippen LogP contribution in [0.15, 0.2) is 42.7 Å². The molecule has 1 amide bonds. The highest BCUT2D eigenvalue weighted by molar-refractivity contribution is 5.70. The summed E-state index contributed by atoms with van der Waals surface area (Å²) in [6, 6.07) is 10.2. The number of methoxy groups -OCH3 is 1. The van der Waals surface area contributed by atoms with E-state index in [1.807, 2.05) is 62.2 Å². The lowest BCUT2D eigenvalue weighted by Crippen LogP contribution is -2.53. The van der Waals surface area contributed by atoms with Crippen LogP contribution in [0.3, 0.4) is 0 Å². The summed E-state index contributed by atoms with van der Waals surface area (Å²) in [5, 5.41) is 13.2. The fraction of sp³-hybridized carbons (Fsp3) is 0.500. The molecule has 10 heteroatoms. The molecule has 1 unspecified atom stereocenters. The number of carbonyl (C=O) groups excluding carboxylic acids is 1. The van der Waals surface area contributed by atoms with Gasteiger partial charge in [-0.15, -0.1) is 10.2 Å². The summed E-state index contributed by atoms with van der Waals surface area (Å²) in [5.74, 6) is 1.26. The summed E-state index contributed by atoms with van der Waals surface area (Å²) < 4.78 is 12.9. The van der Waals surface area contributed by atoms with E-state index >= 15 is 0 Å². The van der Waals surface area contributed by atoms with Gasteiger partial charge in [0.05, 0.1) is 12.8 Å². The number of nitrogens with zero attached hydrogens (tertiary/aromatic N) is 7. The van der Waals surface area contributed by atoms with Gasteiger partial charge < -0.3 is 19.3 Å². The topological polar surface area (TPSA) is 98.5 Å². The molecule has 0 radical (unpaired) electrons. The Morgan fingerprint density at radius 3 is 2.36 bits per heavy atom. The summed E-state index contributed by atoms with van der Waals surface area (Å²) in [5.41, 5.74) is 1.60. The lowest BCUT2D eigenvalue weighted by Gasteiger charge is -2.42. The average molecular weight is 492 g/mol. The van der Waals surface area contributed by atoms with Crippen molar-refractivity contribution in [2.24, 2.45) is 0 Å². The second kappa shape index (κ2) is 9.40. The van der Waals surface area contributed by atoms with E-state index in [2.05, 4.69) is 32.2 Å². The number of hydrogen-bond donors (Lipinski definition) is 0. The molecular formula is C26H33N7O3. The molecule has 3 aromatic heterocycles. The van der Waals surface area contributed by atoms with Crippen LogP contribution in [0.2, 0.25) is 0 Å². The van der Waals surface area contributed by atoms with Gasteiger partial charge in [-0.05, 0) is 76.8 Å². The van der Waals surface area contributed by atoms with E-state index in [9.17, 15) is 4.79 Å². The summed E-state index contributed by atoms with van der Waals surface area (Å²) in [6.07, 6.45) is 7.17. The van der Waals surface area contributed by atoms with Crippen LogP contribution < -0.4 is 9.64 Å². The van der Waals surface area contributed by atoms with Crippen molar-refractivity contribution < 1.29 is 14.3 Å². The standard InChI is InChI=1S/C26H33N7O3/c1-26(2,3)36-25(34)33-17-7-8-18(33)16-19(15-17)31(4)23-12-10-21(29-30-23)20-9-11-22(24(28-20)35-5)32-14-6-13-27-32/h6,9-14,17-19H,7-8,15-16H2,1-5H3/t17-,18+,19?. The van der Waals surface area contributed by atoms with E-state index in [1.54, 1.807) is 18.0 Å². The normalized spacial score (nSPS) is 21.4. The highest BCUT2D eigenvalue weighted by Crippen LogP contribution is 2.39. The molecule has 2 fully saturated rings. The summed E-state index contributed by atoms with van der Waals surface area (Å²) in [4.78, 5) is 21.5. The van der Waals surface area contributed by atoms with E-state index in [4.69, 9.17) is 9.47 Å². The van der Waals surface area contributed by atoms with Crippen molar-refractivity contribution >= 4 is 11.9 Å². The molecule has 5 rings (SSSR count). The van der Waals surface area contributed by atoms with Crippen LogP contribution in [0, 0.1) is 0 Å². The average Bonchev–Trinajstić information content (AvgIpc) is 3.48. The van der Waals surface area contributed by atoms with Gasteiger partial charge >= 0.3 is 6.09 Å². The first-order chi connectivity index (χ1) is 17.2. The maximum atomic E-state index is 12.8. The summed E-state index contributed by atoms with van der Waals surface area (Å²) in [7, 11) is 3.64. The Hall–Kier alpha value is -3.69. The molecule has 2 bridgehead atoms. The number of carbonyl (C=O) groups is 1. The Kier molecular flexibility index (Phi) is 6.27. The zero-order valence-electron chi connectivity index (χ0n) is 21.5. The first kappa shape index (κ1) is 24.0. The van der Waals surface area contributed by atoms with Crippen molar-refractivity contribution in [3.63, 3.8) is 0 Å². The van der Waals surface area contributed by atoms with Gasteiger partial charge in [-0.3, -0.25) is 0 Å². The molecule has 3 atom stereocenters. The minimum atomic E-state index is -0.486. The Morgan fingerprint density at radius 1 is 1.06 bits per heavy atom. The number of ether oxygens (including phenoxy) is 2. The highest BCUT2D eigenvalue weighted by Gasteiger charge is 2.45. The first-order valence-electron chi connectivity index (χ1n) is 12.4. The van der Waals surface area contributed by atoms with Crippen LogP contribution >= 0.6 is 0 Å². The minimum absolute atomic E-state index is 0.193. The largest absolute Gasteiger partial charge is 0.479 e. The molecule has 0 aliphatic carbocycles. The lowest BCUT2D eigenvalue weighted by molar-refractivity contribution is 0.00597. The van der Waals surface area contributed by atoms with Gasteiger partial charge in [-0.1, -0.05) is 0 Å². The summed E-state index contributed by atoms with van der Waals surface area (Å²) in [6.45, 7) is 5.74. The Bertz CT molecular complexity index is 1190. The van der Waals surface area contributed by atoms with Crippen LogP contribution in [0.1, 0.15) is 46.5 Å². The van der Waals surface area contributed by atoms with E-state index in [0.717, 1.165) is 37.2 Å². The lowest BCUT2D eigenvalue weighted by atomic mass is 9.96. The number of rotatable bonds is 5. The predicted molar refractivity (Wildman–Crippen MR) is 135 cm³/mol.